The summed E-state index contributed by atoms with van der Waals surface area (Å²) in [5.74, 6) is -0.363. The summed E-state index contributed by atoms with van der Waals surface area (Å²) in [7, 11) is 0. The van der Waals surface area contributed by atoms with Crippen LogP contribution >= 0.6 is 12.2 Å². The van der Waals surface area contributed by atoms with Gasteiger partial charge in [0.05, 0.1) is 23.0 Å². The van der Waals surface area contributed by atoms with Gasteiger partial charge in [-0.05, 0) is 41.5 Å². The van der Waals surface area contributed by atoms with E-state index in [1.165, 1.54) is 11.0 Å². The molecule has 2 aliphatic heterocycles. The summed E-state index contributed by atoms with van der Waals surface area (Å²) in [6, 6.07) is 14.8. The van der Waals surface area contributed by atoms with Gasteiger partial charge >= 0.3 is 6.09 Å². The molecule has 1 fully saturated rings. The molecular weight excluding hydrogens is 441 g/mol. The van der Waals surface area contributed by atoms with Crippen LogP contribution in [0.4, 0.5) is 20.6 Å². The molecule has 2 aromatic carbocycles. The van der Waals surface area contributed by atoms with Gasteiger partial charge in [0, 0.05) is 50.2 Å². The lowest BCUT2D eigenvalue weighted by atomic mass is 10.1. The second kappa shape index (κ2) is 8.22. The number of hydrogen-bond donors (Lipinski definition) is 2. The normalized spacial score (nSPS) is 15.2. The lowest BCUT2D eigenvalue weighted by Gasteiger charge is -2.35. The second-order valence-electron chi connectivity index (χ2n) is 8.10. The van der Waals surface area contributed by atoms with Crippen LogP contribution in [0.15, 0.2) is 48.7 Å². The van der Waals surface area contributed by atoms with Crippen LogP contribution in [-0.2, 0) is 6.54 Å². The van der Waals surface area contributed by atoms with E-state index in [0.29, 0.717) is 54.7 Å². The maximum absolute atomic E-state index is 15.0. The molecule has 33 heavy (non-hydrogen) atoms. The number of nitriles is 1. The van der Waals surface area contributed by atoms with E-state index in [0.717, 1.165) is 22.4 Å². The number of amides is 1. The Morgan fingerprint density at radius 2 is 1.82 bits per heavy atom. The Bertz CT molecular complexity index is 1300. The highest BCUT2D eigenvalue weighted by Gasteiger charge is 2.25. The Labute approximate surface area is 195 Å². The highest BCUT2D eigenvalue weighted by atomic mass is 32.1. The van der Waals surface area contributed by atoms with Gasteiger partial charge in [-0.25, -0.2) is 9.18 Å². The molecule has 7 nitrogen and oxygen atoms in total. The van der Waals surface area contributed by atoms with E-state index < -0.39 is 6.09 Å². The average molecular weight is 462 g/mol. The summed E-state index contributed by atoms with van der Waals surface area (Å²) in [6.45, 7) is 2.06. The van der Waals surface area contributed by atoms with Crippen molar-refractivity contribution in [2.75, 3.05) is 36.4 Å². The first-order valence-electron chi connectivity index (χ1n) is 10.5. The van der Waals surface area contributed by atoms with Crippen LogP contribution in [0, 0.1) is 17.1 Å². The SMILES string of the molecule is N#Cc1ccc(-c2cc3n(c2)Cc2cc(N4CCN(C(=O)O)CC4)c(F)cc2NC3=S)cc1. The molecule has 2 aliphatic rings. The third-order valence-corrected chi connectivity index (χ3v) is 6.44. The molecule has 0 saturated carbocycles. The molecule has 0 bridgehead atoms. The van der Waals surface area contributed by atoms with Crippen molar-refractivity contribution in [2.45, 2.75) is 6.54 Å². The zero-order valence-corrected chi connectivity index (χ0v) is 18.4. The van der Waals surface area contributed by atoms with Crippen molar-refractivity contribution in [3.05, 3.63) is 71.3 Å². The minimum absolute atomic E-state index is 0.337. The fourth-order valence-electron chi connectivity index (χ4n) is 4.33. The fraction of sp³-hybridized carbons (Fsp3) is 0.208. The monoisotopic (exact) mass is 461 g/mol. The average Bonchev–Trinajstić information content (AvgIpc) is 3.19. The molecule has 2 N–H and O–H groups in total. The lowest BCUT2D eigenvalue weighted by molar-refractivity contribution is 0.142. The molecule has 1 aromatic heterocycles. The lowest BCUT2D eigenvalue weighted by Crippen LogP contribution is -2.48. The Balaban J connectivity index is 1.45. The van der Waals surface area contributed by atoms with Crippen LogP contribution in [0.5, 0.6) is 0 Å². The minimum Gasteiger partial charge on any atom is -0.465 e. The molecule has 0 aliphatic carbocycles. The fourth-order valence-corrected chi connectivity index (χ4v) is 4.62. The molecule has 5 rings (SSSR count). The van der Waals surface area contributed by atoms with Gasteiger partial charge in [-0.1, -0.05) is 24.4 Å². The number of benzene rings is 2. The van der Waals surface area contributed by atoms with E-state index in [4.69, 9.17) is 22.6 Å². The third kappa shape index (κ3) is 3.90. The number of nitrogens with zero attached hydrogens (tertiary/aromatic N) is 4. The number of anilines is 2. The molecule has 0 spiro atoms. The molecule has 1 amide bonds. The van der Waals surface area contributed by atoms with E-state index >= 15 is 0 Å². The van der Waals surface area contributed by atoms with E-state index in [9.17, 15) is 9.18 Å². The first kappa shape index (κ1) is 21.0. The number of aromatic nitrogens is 1. The Hall–Kier alpha value is -3.90. The first-order chi connectivity index (χ1) is 15.9. The molecule has 166 valence electrons. The molecule has 3 heterocycles. The number of nitrogens with one attached hydrogen (secondary N) is 1. The Morgan fingerprint density at radius 3 is 2.48 bits per heavy atom. The number of halogens is 1. The molecule has 0 radical (unpaired) electrons. The zero-order chi connectivity index (χ0) is 23.1. The number of piperazine rings is 1. The highest BCUT2D eigenvalue weighted by Crippen LogP contribution is 2.33. The molecule has 0 unspecified atom stereocenters. The van der Waals surface area contributed by atoms with Crippen LogP contribution in [0.2, 0.25) is 0 Å². The van der Waals surface area contributed by atoms with Crippen molar-refractivity contribution in [3.8, 4) is 17.2 Å². The van der Waals surface area contributed by atoms with Gasteiger partial charge in [0.1, 0.15) is 10.8 Å². The van der Waals surface area contributed by atoms with E-state index in [1.807, 2.05) is 39.9 Å². The highest BCUT2D eigenvalue weighted by molar-refractivity contribution is 7.81. The Kier molecular flexibility index (Phi) is 5.23. The molecule has 0 atom stereocenters. The number of carbonyl (C=O) groups is 1. The van der Waals surface area contributed by atoms with E-state index in [1.54, 1.807) is 12.1 Å². The second-order valence-corrected chi connectivity index (χ2v) is 8.51. The van der Waals surface area contributed by atoms with Gasteiger partial charge in [-0.2, -0.15) is 5.26 Å². The smallest absolute Gasteiger partial charge is 0.407 e. The zero-order valence-electron chi connectivity index (χ0n) is 17.6. The van der Waals surface area contributed by atoms with Crippen LogP contribution in [0.1, 0.15) is 16.8 Å². The van der Waals surface area contributed by atoms with Gasteiger partial charge in [0.15, 0.2) is 0 Å². The standard InChI is InChI=1S/C24H20FN5O2S/c25-19-11-20-18(10-21(19)28-5-7-29(8-6-28)24(31)32)14-30-13-17(9-22(30)23(33)27-20)16-3-1-15(12-26)2-4-16/h1-4,9-11,13H,5-8,14H2,(H,27,33)(H,31,32). The number of thiocarbonyl (C=S) groups is 1. The summed E-state index contributed by atoms with van der Waals surface area (Å²) in [6.07, 6.45) is 1.06. The van der Waals surface area contributed by atoms with Crippen molar-refractivity contribution in [3.63, 3.8) is 0 Å². The predicted octanol–water partition coefficient (Wildman–Crippen LogP) is 4.12. The van der Waals surface area contributed by atoms with Crippen LogP contribution < -0.4 is 10.2 Å². The summed E-state index contributed by atoms with van der Waals surface area (Å²) >= 11 is 5.60. The van der Waals surface area contributed by atoms with E-state index in [2.05, 4.69) is 11.4 Å². The summed E-state index contributed by atoms with van der Waals surface area (Å²) < 4.78 is 17.0. The van der Waals surface area contributed by atoms with Gasteiger partial charge in [0.2, 0.25) is 0 Å². The topological polar surface area (TPSA) is 84.5 Å². The first-order valence-corrected chi connectivity index (χ1v) is 10.9. The van der Waals surface area contributed by atoms with Crippen LogP contribution in [0.25, 0.3) is 11.1 Å². The number of fused-ring (bicyclic) bond motifs is 2. The van der Waals surface area contributed by atoms with E-state index in [-0.39, 0.29) is 5.82 Å². The van der Waals surface area contributed by atoms with Gasteiger partial charge < -0.3 is 24.8 Å². The van der Waals surface area contributed by atoms with Crippen molar-refractivity contribution in [1.29, 1.82) is 5.26 Å². The predicted molar refractivity (Wildman–Crippen MR) is 127 cm³/mol. The third-order valence-electron chi connectivity index (χ3n) is 6.13. The summed E-state index contributed by atoms with van der Waals surface area (Å²) in [5.41, 5.74) is 5.39. The molecule has 9 heteroatoms. The number of rotatable bonds is 2. The summed E-state index contributed by atoms with van der Waals surface area (Å²) in [5, 5.41) is 21.4. The van der Waals surface area contributed by atoms with Gasteiger partial charge in [0.25, 0.3) is 0 Å². The van der Waals surface area contributed by atoms with Crippen molar-refractivity contribution >= 4 is 34.7 Å². The largest absolute Gasteiger partial charge is 0.465 e. The molecular formula is C24H20FN5O2S. The minimum atomic E-state index is -0.951. The van der Waals surface area contributed by atoms with Crippen LogP contribution in [0.3, 0.4) is 0 Å². The number of hydrogen-bond acceptors (Lipinski definition) is 4. The molecule has 3 aromatic rings. The van der Waals surface area contributed by atoms with Crippen LogP contribution in [-0.4, -0.2) is 51.8 Å². The Morgan fingerprint density at radius 1 is 1.09 bits per heavy atom. The maximum atomic E-state index is 15.0. The van der Waals surface area contributed by atoms with Gasteiger partial charge in [-0.3, -0.25) is 0 Å². The molecule has 1 saturated heterocycles. The van der Waals surface area contributed by atoms with Crippen molar-refractivity contribution in [2.24, 2.45) is 0 Å². The maximum Gasteiger partial charge on any atom is 0.407 e. The summed E-state index contributed by atoms with van der Waals surface area (Å²) in [4.78, 5) is 14.9. The quantitative estimate of drug-likeness (QED) is 0.559. The van der Waals surface area contributed by atoms with Crippen molar-refractivity contribution in [1.82, 2.24) is 9.47 Å². The van der Waals surface area contributed by atoms with Crippen molar-refractivity contribution < 1.29 is 14.3 Å². The number of carboxylic acid groups (broad SMARTS) is 1. The van der Waals surface area contributed by atoms with Gasteiger partial charge in [-0.15, -0.1) is 0 Å².